The normalized spacial score (nSPS) is 14.2. The third kappa shape index (κ3) is 3.51. The molecule has 0 unspecified atom stereocenters. The molecule has 2 amide bonds. The molecule has 0 fully saturated rings. The Morgan fingerprint density at radius 1 is 0.964 bits per heavy atom. The molecule has 28 heavy (non-hydrogen) atoms. The number of aryl methyl sites for hydroxylation is 2. The Balaban J connectivity index is 2.11. The first-order valence-electron chi connectivity index (χ1n) is 8.91. The number of amides is 2. The van der Waals surface area contributed by atoms with Gasteiger partial charge in [-0.2, -0.15) is 0 Å². The maximum absolute atomic E-state index is 13.0. The summed E-state index contributed by atoms with van der Waals surface area (Å²) >= 11 is 0. The first-order chi connectivity index (χ1) is 13.2. The van der Waals surface area contributed by atoms with Gasteiger partial charge in [-0.25, -0.2) is 0 Å². The highest BCUT2D eigenvalue weighted by molar-refractivity contribution is 6.36. The highest BCUT2D eigenvalue weighted by Gasteiger charge is 2.40. The summed E-state index contributed by atoms with van der Waals surface area (Å²) in [5.41, 5.74) is 3.53. The second-order valence-corrected chi connectivity index (χ2v) is 7.13. The fraction of sp³-hybridized carbons (Fsp3) is 0.238. The molecule has 0 saturated heterocycles. The van der Waals surface area contributed by atoms with Crippen molar-refractivity contribution in [2.24, 2.45) is 0 Å². The van der Waals surface area contributed by atoms with E-state index >= 15 is 0 Å². The van der Waals surface area contributed by atoms with Crippen LogP contribution in [0.25, 0.3) is 5.57 Å². The molecule has 0 aromatic heterocycles. The van der Waals surface area contributed by atoms with Crippen LogP contribution in [0.4, 0.5) is 11.4 Å². The number of anilines is 1. The number of hydrogen-bond donors (Lipinski definition) is 1. The number of benzene rings is 2. The minimum atomic E-state index is -0.505. The van der Waals surface area contributed by atoms with E-state index in [0.29, 0.717) is 11.3 Å². The number of carbonyl (C=O) groups is 2. The fourth-order valence-electron chi connectivity index (χ4n) is 3.34. The van der Waals surface area contributed by atoms with Crippen LogP contribution in [0.5, 0.6) is 0 Å². The van der Waals surface area contributed by atoms with Crippen molar-refractivity contribution in [1.29, 1.82) is 0 Å². The quantitative estimate of drug-likeness (QED) is 0.484. The van der Waals surface area contributed by atoms with Crippen LogP contribution < -0.4 is 5.32 Å². The molecule has 0 aliphatic carbocycles. The van der Waals surface area contributed by atoms with Crippen LogP contribution in [0.1, 0.15) is 30.5 Å². The molecule has 7 heteroatoms. The van der Waals surface area contributed by atoms with Crippen molar-refractivity contribution >= 4 is 28.8 Å². The van der Waals surface area contributed by atoms with Crippen LogP contribution >= 0.6 is 0 Å². The Morgan fingerprint density at radius 3 is 2.04 bits per heavy atom. The molecule has 1 heterocycles. The molecule has 1 aliphatic rings. The minimum absolute atomic E-state index is 0.0781. The van der Waals surface area contributed by atoms with Gasteiger partial charge in [-0.15, -0.1) is 0 Å². The van der Waals surface area contributed by atoms with Crippen LogP contribution in [0.2, 0.25) is 0 Å². The van der Waals surface area contributed by atoms with Crippen LogP contribution in [0.3, 0.4) is 0 Å². The largest absolute Gasteiger partial charge is 0.350 e. The van der Waals surface area contributed by atoms with Gasteiger partial charge < -0.3 is 5.32 Å². The lowest BCUT2D eigenvalue weighted by Crippen LogP contribution is -2.38. The van der Waals surface area contributed by atoms with Gasteiger partial charge in [-0.05, 0) is 68.7 Å². The Labute approximate surface area is 162 Å². The Hall–Kier alpha value is -3.48. The molecule has 1 N–H and O–H groups in total. The molecule has 0 radical (unpaired) electrons. The highest BCUT2D eigenvalue weighted by atomic mass is 16.6. The van der Waals surface area contributed by atoms with E-state index in [2.05, 4.69) is 5.32 Å². The fourth-order valence-corrected chi connectivity index (χ4v) is 3.34. The predicted molar refractivity (Wildman–Crippen MR) is 107 cm³/mol. The van der Waals surface area contributed by atoms with Crippen molar-refractivity contribution < 1.29 is 14.5 Å². The lowest BCUT2D eigenvalue weighted by molar-refractivity contribution is -0.384. The van der Waals surface area contributed by atoms with Crippen molar-refractivity contribution in [1.82, 2.24) is 4.90 Å². The van der Waals surface area contributed by atoms with E-state index in [-0.39, 0.29) is 23.0 Å². The molecule has 0 saturated carbocycles. The molecule has 1 aliphatic heterocycles. The van der Waals surface area contributed by atoms with Gasteiger partial charge in [-0.3, -0.25) is 24.6 Å². The van der Waals surface area contributed by atoms with Crippen molar-refractivity contribution in [3.05, 3.63) is 75.0 Å². The maximum atomic E-state index is 13.0. The molecule has 0 atom stereocenters. The highest BCUT2D eigenvalue weighted by Crippen LogP contribution is 2.32. The van der Waals surface area contributed by atoms with Crippen molar-refractivity contribution in [2.45, 2.75) is 33.7 Å². The van der Waals surface area contributed by atoms with Gasteiger partial charge in [0.05, 0.1) is 10.5 Å². The summed E-state index contributed by atoms with van der Waals surface area (Å²) in [6.07, 6.45) is 0. The number of nitro groups is 1. The minimum Gasteiger partial charge on any atom is -0.350 e. The number of nitrogens with one attached hydrogen (secondary N) is 1. The number of carbonyl (C=O) groups excluding carboxylic acids is 2. The molecule has 3 rings (SSSR count). The number of rotatable bonds is 5. The molecule has 7 nitrogen and oxygen atoms in total. The van der Waals surface area contributed by atoms with Crippen LogP contribution in [0, 0.1) is 24.0 Å². The number of imide groups is 1. The lowest BCUT2D eigenvalue weighted by atomic mass is 10.0. The zero-order valence-corrected chi connectivity index (χ0v) is 16.1. The zero-order chi connectivity index (χ0) is 20.6. The first-order valence-corrected chi connectivity index (χ1v) is 8.91. The van der Waals surface area contributed by atoms with Crippen LogP contribution in [-0.2, 0) is 9.59 Å². The zero-order valence-electron chi connectivity index (χ0n) is 16.1. The van der Waals surface area contributed by atoms with E-state index in [9.17, 15) is 19.7 Å². The molecule has 144 valence electrons. The summed E-state index contributed by atoms with van der Waals surface area (Å²) in [7, 11) is 0. The van der Waals surface area contributed by atoms with E-state index in [4.69, 9.17) is 0 Å². The molecule has 0 spiro atoms. The molecule has 2 aromatic rings. The van der Waals surface area contributed by atoms with Gasteiger partial charge >= 0.3 is 0 Å². The monoisotopic (exact) mass is 379 g/mol. The summed E-state index contributed by atoms with van der Waals surface area (Å²) < 4.78 is 0. The van der Waals surface area contributed by atoms with Crippen LogP contribution in [0.15, 0.2) is 48.2 Å². The van der Waals surface area contributed by atoms with Gasteiger partial charge in [0.1, 0.15) is 5.70 Å². The van der Waals surface area contributed by atoms with Gasteiger partial charge in [0, 0.05) is 23.9 Å². The summed E-state index contributed by atoms with van der Waals surface area (Å²) in [5, 5.41) is 14.0. The molecule has 2 aromatic carbocycles. The first kappa shape index (κ1) is 19.3. The van der Waals surface area contributed by atoms with E-state index in [0.717, 1.165) is 11.1 Å². The third-order valence-corrected chi connectivity index (χ3v) is 4.49. The smallest absolute Gasteiger partial charge is 0.278 e. The Morgan fingerprint density at radius 2 is 1.54 bits per heavy atom. The van der Waals surface area contributed by atoms with Gasteiger partial charge in [0.2, 0.25) is 0 Å². The number of hydrogen-bond acceptors (Lipinski definition) is 5. The topological polar surface area (TPSA) is 92.6 Å². The summed E-state index contributed by atoms with van der Waals surface area (Å²) in [5.74, 6) is -0.826. The average Bonchev–Trinajstić information content (AvgIpc) is 2.84. The third-order valence-electron chi connectivity index (χ3n) is 4.49. The van der Waals surface area contributed by atoms with Crippen molar-refractivity contribution in [3.63, 3.8) is 0 Å². The van der Waals surface area contributed by atoms with Gasteiger partial charge in [0.25, 0.3) is 17.5 Å². The summed E-state index contributed by atoms with van der Waals surface area (Å²) in [4.78, 5) is 37.6. The average molecular weight is 379 g/mol. The summed E-state index contributed by atoms with van der Waals surface area (Å²) in [6, 6.07) is 11.1. The predicted octanol–water partition coefficient (Wildman–Crippen LogP) is 3.81. The molecular formula is C21H21N3O4. The number of nitrogens with zero attached hydrogens (tertiary/aromatic N) is 2. The lowest BCUT2D eigenvalue weighted by Gasteiger charge is -2.19. The molecule has 0 bridgehead atoms. The van der Waals surface area contributed by atoms with E-state index < -0.39 is 16.7 Å². The van der Waals surface area contributed by atoms with Gasteiger partial charge in [-0.1, -0.05) is 6.07 Å². The Kier molecular flexibility index (Phi) is 5.00. The van der Waals surface area contributed by atoms with E-state index in [1.807, 2.05) is 32.0 Å². The number of nitro benzene ring substituents is 1. The van der Waals surface area contributed by atoms with Crippen molar-refractivity contribution in [2.75, 3.05) is 5.32 Å². The second kappa shape index (κ2) is 7.26. The SMILES string of the molecule is Cc1cc(C)cc(NC2=C(c3ccc([N+](=O)[O-])cc3)C(=O)N(C(C)C)C2=O)c1. The van der Waals surface area contributed by atoms with Gasteiger partial charge in [0.15, 0.2) is 0 Å². The Bertz CT molecular complexity index is 987. The van der Waals surface area contributed by atoms with Crippen molar-refractivity contribution in [3.8, 4) is 0 Å². The maximum Gasteiger partial charge on any atom is 0.278 e. The standard InChI is InChI=1S/C21H21N3O4/c1-12(2)23-20(25)18(15-5-7-17(8-6-15)24(27)28)19(21(23)26)22-16-10-13(3)9-14(4)11-16/h5-12,22H,1-4H3. The van der Waals surface area contributed by atoms with E-state index in [1.54, 1.807) is 13.8 Å². The van der Waals surface area contributed by atoms with E-state index in [1.165, 1.54) is 29.2 Å². The second-order valence-electron chi connectivity index (χ2n) is 7.13. The summed E-state index contributed by atoms with van der Waals surface area (Å²) in [6.45, 7) is 7.43. The van der Waals surface area contributed by atoms with Crippen LogP contribution in [-0.4, -0.2) is 27.7 Å². The molecular weight excluding hydrogens is 358 g/mol. The number of non-ortho nitro benzene ring substituents is 1.